The van der Waals surface area contributed by atoms with Crippen LogP contribution in [0.1, 0.15) is 88.8 Å². The molecule has 52 heavy (non-hydrogen) atoms. The van der Waals surface area contributed by atoms with E-state index in [2.05, 4.69) is 97.9 Å². The molecule has 0 aliphatic rings. The quantitative estimate of drug-likeness (QED) is 0.0912. The van der Waals surface area contributed by atoms with E-state index < -0.39 is 0 Å². The molecule has 0 amide bonds. The Hall–Kier alpha value is -5.04. The molecule has 0 aliphatic heterocycles. The molecule has 4 aromatic carbocycles. The van der Waals surface area contributed by atoms with E-state index in [-0.39, 0.29) is 36.2 Å². The molecule has 0 radical (unpaired) electrons. The molecule has 0 heterocycles. The van der Waals surface area contributed by atoms with Crippen LogP contribution < -0.4 is 0 Å². The van der Waals surface area contributed by atoms with E-state index in [1.807, 2.05) is 48.6 Å². The van der Waals surface area contributed by atoms with Crippen molar-refractivity contribution in [3.05, 3.63) is 143 Å². The van der Waals surface area contributed by atoms with Gasteiger partial charge in [-0.05, 0) is 75.8 Å². The smallest absolute Gasteiger partial charge is 0.164 e. The highest BCUT2D eigenvalue weighted by Crippen LogP contribution is 2.29. The third kappa shape index (κ3) is 19.4. The number of para-hydroxylation sites is 1. The summed E-state index contributed by atoms with van der Waals surface area (Å²) in [7, 11) is 0. The number of rotatable bonds is 10. The van der Waals surface area contributed by atoms with Crippen molar-refractivity contribution in [2.75, 3.05) is 0 Å². The molecule has 0 saturated carbocycles. The van der Waals surface area contributed by atoms with E-state index in [0.29, 0.717) is 29.2 Å². The van der Waals surface area contributed by atoms with Gasteiger partial charge in [0.2, 0.25) is 0 Å². The Morgan fingerprint density at radius 3 is 1.40 bits per heavy atom. The van der Waals surface area contributed by atoms with Crippen molar-refractivity contribution in [3.8, 4) is 23.0 Å². The fourth-order valence-corrected chi connectivity index (χ4v) is 4.15. The van der Waals surface area contributed by atoms with Crippen LogP contribution in [0.25, 0.3) is 24.3 Å². The molecule has 6 nitrogen and oxygen atoms in total. The third-order valence-electron chi connectivity index (χ3n) is 7.10. The molecule has 0 bridgehead atoms. The molecular formula is C46H60O6. The molecule has 280 valence electrons. The fraction of sp³-hybridized carbons (Fsp3) is 0.304. The van der Waals surface area contributed by atoms with Gasteiger partial charge >= 0.3 is 0 Å². The summed E-state index contributed by atoms with van der Waals surface area (Å²) in [6.07, 6.45) is 16.2. The lowest BCUT2D eigenvalue weighted by Crippen LogP contribution is -1.94. The van der Waals surface area contributed by atoms with Gasteiger partial charge in [0.05, 0.1) is 13.2 Å². The molecule has 4 aromatic rings. The fourth-order valence-electron chi connectivity index (χ4n) is 4.15. The summed E-state index contributed by atoms with van der Waals surface area (Å²) in [5.74, 6) is 1.77. The molecule has 0 unspecified atom stereocenters. The first kappa shape index (κ1) is 45.0. The molecule has 0 atom stereocenters. The average Bonchev–Trinajstić information content (AvgIpc) is 3.12. The zero-order chi connectivity index (χ0) is 39.1. The highest BCUT2D eigenvalue weighted by atomic mass is 16.3. The Morgan fingerprint density at radius 1 is 0.423 bits per heavy atom. The number of aromatic hydroxyl groups is 4. The van der Waals surface area contributed by atoms with Gasteiger partial charge in [0.25, 0.3) is 0 Å². The first-order valence-electron chi connectivity index (χ1n) is 17.8. The van der Waals surface area contributed by atoms with Crippen LogP contribution in [0.3, 0.4) is 0 Å². The van der Waals surface area contributed by atoms with Crippen LogP contribution in [0.5, 0.6) is 23.0 Å². The van der Waals surface area contributed by atoms with Crippen LogP contribution in [0.4, 0.5) is 0 Å². The Kier molecular flexibility index (Phi) is 21.6. The lowest BCUT2D eigenvalue weighted by Gasteiger charge is -2.05. The maximum Gasteiger partial charge on any atom is 0.164 e. The number of allylic oxidation sites excluding steroid dienone is 4. The summed E-state index contributed by atoms with van der Waals surface area (Å²) in [5, 5.41) is 55.0. The van der Waals surface area contributed by atoms with Crippen LogP contribution in [0, 0.1) is 23.7 Å². The number of aliphatic hydroxyl groups excluding tert-OH is 2. The van der Waals surface area contributed by atoms with Gasteiger partial charge in [-0.15, -0.1) is 0 Å². The van der Waals surface area contributed by atoms with Gasteiger partial charge in [0.1, 0.15) is 0 Å². The van der Waals surface area contributed by atoms with Crippen molar-refractivity contribution in [2.45, 2.75) is 68.6 Å². The predicted molar refractivity (Wildman–Crippen MR) is 220 cm³/mol. The number of hydrogen-bond donors (Lipinski definition) is 6. The van der Waals surface area contributed by atoms with E-state index in [1.54, 1.807) is 24.3 Å². The minimum Gasteiger partial charge on any atom is -0.504 e. The zero-order valence-corrected chi connectivity index (χ0v) is 32.1. The number of phenols is 4. The number of benzene rings is 4. The molecule has 0 aliphatic carbocycles. The molecule has 4 rings (SSSR count). The highest BCUT2D eigenvalue weighted by Gasteiger charge is 2.02. The normalized spacial score (nSPS) is 11.3. The second-order valence-electron chi connectivity index (χ2n) is 13.6. The van der Waals surface area contributed by atoms with Gasteiger partial charge in [0.15, 0.2) is 23.0 Å². The van der Waals surface area contributed by atoms with Gasteiger partial charge in [-0.2, -0.15) is 0 Å². The molecule has 0 saturated heterocycles. The van der Waals surface area contributed by atoms with Crippen molar-refractivity contribution < 1.29 is 30.6 Å². The largest absolute Gasteiger partial charge is 0.504 e. The minimum atomic E-state index is -0.0818. The van der Waals surface area contributed by atoms with Crippen molar-refractivity contribution in [3.63, 3.8) is 0 Å². The van der Waals surface area contributed by atoms with Gasteiger partial charge in [-0.1, -0.05) is 165 Å². The summed E-state index contributed by atoms with van der Waals surface area (Å²) in [5.41, 5.74) is 5.46. The van der Waals surface area contributed by atoms with Crippen molar-refractivity contribution in [1.82, 2.24) is 0 Å². The maximum atomic E-state index is 9.41. The van der Waals surface area contributed by atoms with E-state index in [9.17, 15) is 15.3 Å². The number of aliphatic hydroxyl groups is 2. The maximum absolute atomic E-state index is 9.41. The summed E-state index contributed by atoms with van der Waals surface area (Å²) in [6.45, 7) is 16.8. The van der Waals surface area contributed by atoms with E-state index in [4.69, 9.17) is 15.3 Å². The molecule has 6 heteroatoms. The lowest BCUT2D eigenvalue weighted by molar-refractivity contribution is 0.260. The van der Waals surface area contributed by atoms with Gasteiger partial charge in [-0.25, -0.2) is 0 Å². The topological polar surface area (TPSA) is 121 Å². The Bertz CT molecular complexity index is 1700. The molecule has 0 fully saturated rings. The molecule has 0 spiro atoms. The van der Waals surface area contributed by atoms with Crippen LogP contribution in [0.15, 0.2) is 109 Å². The average molecular weight is 709 g/mol. The number of hydrogen-bond acceptors (Lipinski definition) is 6. The minimum absolute atomic E-state index is 0.0237. The number of phenolic OH excluding ortho intramolecular Hbond substituents is 4. The third-order valence-corrected chi connectivity index (χ3v) is 7.10. The first-order chi connectivity index (χ1) is 24.7. The van der Waals surface area contributed by atoms with Crippen LogP contribution in [-0.2, 0) is 13.2 Å². The van der Waals surface area contributed by atoms with Gasteiger partial charge in [0, 0.05) is 5.56 Å². The van der Waals surface area contributed by atoms with Crippen molar-refractivity contribution in [2.24, 2.45) is 23.7 Å². The summed E-state index contributed by atoms with van der Waals surface area (Å²) in [6, 6.07) is 25.8. The first-order valence-corrected chi connectivity index (χ1v) is 17.8. The second-order valence-corrected chi connectivity index (χ2v) is 13.6. The lowest BCUT2D eigenvalue weighted by atomic mass is 10.0. The van der Waals surface area contributed by atoms with E-state index in [1.165, 1.54) is 23.8 Å². The van der Waals surface area contributed by atoms with Crippen molar-refractivity contribution >= 4 is 24.3 Å². The molecule has 0 aromatic heterocycles. The highest BCUT2D eigenvalue weighted by molar-refractivity contribution is 5.61. The van der Waals surface area contributed by atoms with Crippen LogP contribution in [-0.4, -0.2) is 30.6 Å². The summed E-state index contributed by atoms with van der Waals surface area (Å²) < 4.78 is 0. The summed E-state index contributed by atoms with van der Waals surface area (Å²) in [4.78, 5) is 0. The van der Waals surface area contributed by atoms with Crippen LogP contribution >= 0.6 is 0 Å². The predicted octanol–water partition coefficient (Wildman–Crippen LogP) is 11.2. The standard InChI is InChI=1S/C13H18O2.2C11H14O2.C11H14/c1-10(2)3-4-11-5-6-12(8-14)13(7-11)9-15;1-8(2)3-4-9-5-6-10(12)11(13)7-9;1-8(2)6-7-9-4-3-5-10(12)11(9)13;1-10(2)8-9-11-6-4-3-5-7-11/h3-7,10,14-15H,8-9H2,1-2H3;2*3-8,12-13H,1-2H3;3-10H,1-2H3/b2*4-3+;7-6+;9-8+. The Labute approximate surface area is 312 Å². The van der Waals surface area contributed by atoms with Crippen molar-refractivity contribution in [1.29, 1.82) is 0 Å². The van der Waals surface area contributed by atoms with Gasteiger partial charge < -0.3 is 30.6 Å². The van der Waals surface area contributed by atoms with E-state index in [0.717, 1.165) is 22.3 Å². The summed E-state index contributed by atoms with van der Waals surface area (Å²) >= 11 is 0. The zero-order valence-electron chi connectivity index (χ0n) is 32.1. The van der Waals surface area contributed by atoms with Gasteiger partial charge in [-0.3, -0.25) is 0 Å². The molecule has 6 N–H and O–H groups in total. The van der Waals surface area contributed by atoms with E-state index >= 15 is 0 Å². The Morgan fingerprint density at radius 2 is 0.904 bits per heavy atom. The Balaban J connectivity index is 0.000000348. The van der Waals surface area contributed by atoms with Crippen LogP contribution in [0.2, 0.25) is 0 Å². The SMILES string of the molecule is CC(C)/C=C/c1ccc(CO)c(CO)c1.CC(C)/C=C/c1ccc(O)c(O)c1.CC(C)/C=C/c1cccc(O)c1O.CC(C)/C=C/c1ccccc1. The second kappa shape index (κ2) is 25.0. The molecular weight excluding hydrogens is 648 g/mol. The monoisotopic (exact) mass is 708 g/mol.